The van der Waals surface area contributed by atoms with Crippen LogP contribution in [0.2, 0.25) is 0 Å². The highest BCUT2D eigenvalue weighted by molar-refractivity contribution is 9.11. The molecule has 1 aromatic heterocycles. The number of rotatable bonds is 7. The van der Waals surface area contributed by atoms with E-state index >= 15 is 0 Å². The third kappa shape index (κ3) is 5.05. The molecule has 1 rings (SSSR count). The van der Waals surface area contributed by atoms with E-state index in [0.29, 0.717) is 13.2 Å². The second-order valence-electron chi connectivity index (χ2n) is 3.53. The minimum atomic E-state index is -3.22. The van der Waals surface area contributed by atoms with Crippen LogP contribution in [0.1, 0.15) is 12.5 Å². The first-order chi connectivity index (χ1) is 7.95. The molecule has 0 radical (unpaired) electrons. The lowest BCUT2D eigenvalue weighted by Gasteiger charge is -2.16. The van der Waals surface area contributed by atoms with E-state index in [1.54, 1.807) is 18.4 Å². The van der Waals surface area contributed by atoms with Gasteiger partial charge in [0.05, 0.1) is 16.1 Å². The molecule has 0 aromatic carbocycles. The molecule has 4 nitrogen and oxygen atoms in total. The molecule has 0 amide bonds. The molecule has 0 aliphatic heterocycles. The standard InChI is InChI=1S/C10H16BrNO3S2/c1-3-15-4-5-17(13,14)12(2)7-9-6-10(11)16-8-9/h6,8H,3-5,7H2,1-2H3. The smallest absolute Gasteiger partial charge is 0.216 e. The van der Waals surface area contributed by atoms with Crippen molar-refractivity contribution >= 4 is 37.3 Å². The molecule has 0 N–H and O–H groups in total. The predicted octanol–water partition coefficient (Wildman–Crippen LogP) is 2.31. The first-order valence-electron chi connectivity index (χ1n) is 5.20. The molecular formula is C10H16BrNO3S2. The van der Waals surface area contributed by atoms with Crippen LogP contribution >= 0.6 is 27.3 Å². The van der Waals surface area contributed by atoms with E-state index in [2.05, 4.69) is 15.9 Å². The molecule has 0 fully saturated rings. The van der Waals surface area contributed by atoms with E-state index in [1.807, 2.05) is 18.4 Å². The van der Waals surface area contributed by atoms with Crippen LogP contribution < -0.4 is 0 Å². The first kappa shape index (κ1) is 15.1. The van der Waals surface area contributed by atoms with Crippen LogP contribution in [0.5, 0.6) is 0 Å². The van der Waals surface area contributed by atoms with Gasteiger partial charge in [-0.05, 0) is 39.9 Å². The van der Waals surface area contributed by atoms with E-state index < -0.39 is 10.0 Å². The lowest BCUT2D eigenvalue weighted by molar-refractivity contribution is 0.162. The van der Waals surface area contributed by atoms with E-state index in [1.165, 1.54) is 4.31 Å². The molecule has 1 aromatic rings. The van der Waals surface area contributed by atoms with E-state index in [0.717, 1.165) is 9.35 Å². The molecule has 0 unspecified atom stereocenters. The van der Waals surface area contributed by atoms with Gasteiger partial charge in [-0.1, -0.05) is 0 Å². The van der Waals surface area contributed by atoms with Crippen molar-refractivity contribution in [1.29, 1.82) is 0 Å². The van der Waals surface area contributed by atoms with E-state index in [9.17, 15) is 8.42 Å². The van der Waals surface area contributed by atoms with Crippen LogP contribution in [0.15, 0.2) is 15.2 Å². The minimum Gasteiger partial charge on any atom is -0.381 e. The lowest BCUT2D eigenvalue weighted by atomic mass is 10.3. The van der Waals surface area contributed by atoms with Crippen molar-refractivity contribution in [3.05, 3.63) is 20.8 Å². The Morgan fingerprint density at radius 2 is 2.24 bits per heavy atom. The van der Waals surface area contributed by atoms with Gasteiger partial charge >= 0.3 is 0 Å². The second kappa shape index (κ2) is 6.84. The zero-order valence-electron chi connectivity index (χ0n) is 9.85. The minimum absolute atomic E-state index is 0.0304. The Balaban J connectivity index is 2.53. The van der Waals surface area contributed by atoms with Crippen LogP contribution in [-0.4, -0.2) is 38.7 Å². The van der Waals surface area contributed by atoms with Gasteiger partial charge in [-0.25, -0.2) is 12.7 Å². The van der Waals surface area contributed by atoms with Gasteiger partial charge < -0.3 is 4.74 Å². The number of halogens is 1. The van der Waals surface area contributed by atoms with Gasteiger partial charge in [0.25, 0.3) is 0 Å². The molecular weight excluding hydrogens is 326 g/mol. The molecule has 0 bridgehead atoms. The lowest BCUT2D eigenvalue weighted by Crippen LogP contribution is -2.30. The van der Waals surface area contributed by atoms with Crippen molar-refractivity contribution in [2.45, 2.75) is 13.5 Å². The zero-order valence-corrected chi connectivity index (χ0v) is 13.1. The molecule has 1 heterocycles. The van der Waals surface area contributed by atoms with Gasteiger partial charge in [0.1, 0.15) is 0 Å². The molecule has 98 valence electrons. The Hall–Kier alpha value is 0.0500. The van der Waals surface area contributed by atoms with Crippen LogP contribution in [-0.2, 0) is 21.3 Å². The summed E-state index contributed by atoms with van der Waals surface area (Å²) in [6, 6.07) is 1.93. The molecule has 0 atom stereocenters. The number of hydrogen-bond donors (Lipinski definition) is 0. The zero-order chi connectivity index (χ0) is 12.9. The Morgan fingerprint density at radius 1 is 1.53 bits per heavy atom. The molecule has 0 spiro atoms. The van der Waals surface area contributed by atoms with Crippen molar-refractivity contribution in [2.75, 3.05) is 26.0 Å². The SMILES string of the molecule is CCOCCS(=O)(=O)N(C)Cc1csc(Br)c1. The number of thiophene rings is 1. The Labute approximate surface area is 115 Å². The summed E-state index contributed by atoms with van der Waals surface area (Å²) in [7, 11) is -1.63. The number of nitrogens with zero attached hydrogens (tertiary/aromatic N) is 1. The summed E-state index contributed by atoms with van der Waals surface area (Å²) < 4.78 is 31.1. The fraction of sp³-hybridized carbons (Fsp3) is 0.600. The maximum absolute atomic E-state index is 11.9. The van der Waals surface area contributed by atoms with Gasteiger partial charge in [-0.2, -0.15) is 0 Å². The van der Waals surface area contributed by atoms with Crippen LogP contribution in [0.3, 0.4) is 0 Å². The summed E-state index contributed by atoms with van der Waals surface area (Å²) in [4.78, 5) is 0. The maximum atomic E-state index is 11.9. The largest absolute Gasteiger partial charge is 0.381 e. The first-order valence-corrected chi connectivity index (χ1v) is 8.48. The summed E-state index contributed by atoms with van der Waals surface area (Å²) in [5.41, 5.74) is 0.990. The van der Waals surface area contributed by atoms with Crippen LogP contribution in [0, 0.1) is 0 Å². The number of hydrogen-bond acceptors (Lipinski definition) is 4. The second-order valence-corrected chi connectivity index (χ2v) is 8.01. The van der Waals surface area contributed by atoms with E-state index in [4.69, 9.17) is 4.74 Å². The Bertz CT molecular complexity index is 444. The topological polar surface area (TPSA) is 46.6 Å². The van der Waals surface area contributed by atoms with Crippen molar-refractivity contribution in [2.24, 2.45) is 0 Å². The Morgan fingerprint density at radius 3 is 2.76 bits per heavy atom. The van der Waals surface area contributed by atoms with Crippen molar-refractivity contribution in [3.63, 3.8) is 0 Å². The maximum Gasteiger partial charge on any atom is 0.216 e. The monoisotopic (exact) mass is 341 g/mol. The molecule has 7 heteroatoms. The van der Waals surface area contributed by atoms with Crippen LogP contribution in [0.4, 0.5) is 0 Å². The van der Waals surface area contributed by atoms with Gasteiger partial charge in [0.2, 0.25) is 10.0 Å². The molecule has 0 aliphatic rings. The molecule has 0 saturated carbocycles. The summed E-state index contributed by atoms with van der Waals surface area (Å²) >= 11 is 4.90. The van der Waals surface area contributed by atoms with Crippen molar-refractivity contribution in [3.8, 4) is 0 Å². The third-order valence-electron chi connectivity index (χ3n) is 2.19. The molecule has 17 heavy (non-hydrogen) atoms. The third-order valence-corrected chi connectivity index (χ3v) is 5.51. The Kier molecular flexibility index (Phi) is 6.08. The highest BCUT2D eigenvalue weighted by Crippen LogP contribution is 2.22. The van der Waals surface area contributed by atoms with E-state index in [-0.39, 0.29) is 12.4 Å². The van der Waals surface area contributed by atoms with Crippen molar-refractivity contribution in [1.82, 2.24) is 4.31 Å². The fourth-order valence-electron chi connectivity index (χ4n) is 1.25. The highest BCUT2D eigenvalue weighted by Gasteiger charge is 2.18. The average Bonchev–Trinajstić information content (AvgIpc) is 2.64. The summed E-state index contributed by atoms with van der Waals surface area (Å²) in [5.74, 6) is 0.0304. The van der Waals surface area contributed by atoms with Gasteiger partial charge in [-0.3, -0.25) is 0 Å². The summed E-state index contributed by atoms with van der Waals surface area (Å²) in [6.45, 7) is 3.03. The quantitative estimate of drug-likeness (QED) is 0.715. The van der Waals surface area contributed by atoms with Gasteiger partial charge in [-0.15, -0.1) is 11.3 Å². The summed E-state index contributed by atoms with van der Waals surface area (Å²) in [5, 5.41) is 1.94. The van der Waals surface area contributed by atoms with Gasteiger partial charge in [0.15, 0.2) is 0 Å². The molecule has 0 saturated heterocycles. The normalized spacial score (nSPS) is 12.2. The number of sulfonamides is 1. The fourth-order valence-corrected chi connectivity index (χ4v) is 3.43. The average molecular weight is 342 g/mol. The van der Waals surface area contributed by atoms with Crippen molar-refractivity contribution < 1.29 is 13.2 Å². The number of ether oxygens (including phenoxy) is 1. The van der Waals surface area contributed by atoms with Gasteiger partial charge in [0, 0.05) is 20.2 Å². The van der Waals surface area contributed by atoms with Crippen LogP contribution in [0.25, 0.3) is 0 Å². The predicted molar refractivity (Wildman–Crippen MR) is 73.8 cm³/mol. The summed E-state index contributed by atoms with van der Waals surface area (Å²) in [6.07, 6.45) is 0. The highest BCUT2D eigenvalue weighted by atomic mass is 79.9. The molecule has 0 aliphatic carbocycles.